The molecule has 1 amide bonds. The third kappa shape index (κ3) is 4.91. The molecule has 2 heterocycles. The Kier molecular flexibility index (Phi) is 7.05. The molecule has 0 saturated heterocycles. The molecule has 0 aliphatic rings. The van der Waals surface area contributed by atoms with E-state index in [1.165, 1.54) is 0 Å². The molecule has 8 heteroatoms. The molecule has 0 atom stereocenters. The van der Waals surface area contributed by atoms with Gasteiger partial charge in [-0.25, -0.2) is 10.4 Å². The van der Waals surface area contributed by atoms with Crippen molar-refractivity contribution < 1.29 is 14.3 Å². The second-order valence-corrected chi connectivity index (χ2v) is 9.56. The van der Waals surface area contributed by atoms with Crippen LogP contribution in [-0.2, 0) is 0 Å². The van der Waals surface area contributed by atoms with Crippen molar-refractivity contribution in [3.05, 3.63) is 74.9 Å². The van der Waals surface area contributed by atoms with Crippen molar-refractivity contribution in [1.82, 2.24) is 10.4 Å². The minimum absolute atomic E-state index is 0.302. The van der Waals surface area contributed by atoms with Crippen LogP contribution in [0.15, 0.2) is 69.6 Å². The fourth-order valence-corrected chi connectivity index (χ4v) is 4.91. The zero-order chi connectivity index (χ0) is 23.4. The number of thiophene rings is 1. The number of halogens is 1. The Morgan fingerprint density at radius 1 is 1.09 bits per heavy atom. The third-order valence-electron chi connectivity index (χ3n) is 5.13. The summed E-state index contributed by atoms with van der Waals surface area (Å²) in [6.07, 6.45) is 0.693. The van der Waals surface area contributed by atoms with Crippen LogP contribution in [0.3, 0.4) is 0 Å². The number of pyridine rings is 1. The number of aromatic nitrogens is 1. The van der Waals surface area contributed by atoms with Crippen LogP contribution in [0.5, 0.6) is 11.5 Å². The number of para-hydroxylation sites is 1. The molecule has 0 unspecified atom stereocenters. The minimum Gasteiger partial charge on any atom is -0.497 e. The lowest BCUT2D eigenvalue weighted by molar-refractivity contribution is 0.0956. The first-order valence-corrected chi connectivity index (χ1v) is 11.9. The predicted molar refractivity (Wildman–Crippen MR) is 137 cm³/mol. The molecule has 1 N–H and O–H groups in total. The van der Waals surface area contributed by atoms with Crippen molar-refractivity contribution in [2.75, 3.05) is 14.2 Å². The van der Waals surface area contributed by atoms with E-state index in [2.05, 4.69) is 26.5 Å². The van der Waals surface area contributed by atoms with E-state index in [9.17, 15) is 4.79 Å². The van der Waals surface area contributed by atoms with Crippen LogP contribution in [-0.4, -0.2) is 30.8 Å². The molecule has 0 aliphatic heterocycles. The normalized spacial score (nSPS) is 11.5. The molecule has 4 aromatic rings. The molecular weight excluding hydrogens is 502 g/mol. The van der Waals surface area contributed by atoms with E-state index >= 15 is 0 Å². The van der Waals surface area contributed by atoms with Crippen LogP contribution >= 0.6 is 27.3 Å². The maximum atomic E-state index is 13.3. The van der Waals surface area contributed by atoms with Crippen molar-refractivity contribution >= 4 is 49.8 Å². The lowest BCUT2D eigenvalue weighted by Gasteiger charge is -2.13. The Hall–Kier alpha value is -3.23. The number of rotatable bonds is 7. The van der Waals surface area contributed by atoms with Crippen LogP contribution in [0, 0.1) is 0 Å². The number of nitrogens with zero attached hydrogens (tertiary/aromatic N) is 2. The number of ether oxygens (including phenoxy) is 2. The second-order valence-electron chi connectivity index (χ2n) is 7.10. The van der Waals surface area contributed by atoms with Crippen LogP contribution in [0.2, 0.25) is 0 Å². The van der Waals surface area contributed by atoms with Gasteiger partial charge in [0, 0.05) is 17.0 Å². The monoisotopic (exact) mass is 523 g/mol. The number of fused-ring (bicyclic) bond motifs is 1. The van der Waals surface area contributed by atoms with Crippen molar-refractivity contribution in [3.8, 4) is 22.8 Å². The first kappa shape index (κ1) is 22.9. The average Bonchev–Trinajstić information content (AvgIpc) is 3.29. The van der Waals surface area contributed by atoms with Crippen LogP contribution in [0.25, 0.3) is 22.2 Å². The fourth-order valence-electron chi connectivity index (χ4n) is 3.47. The van der Waals surface area contributed by atoms with Crippen molar-refractivity contribution in [2.24, 2.45) is 5.10 Å². The molecule has 2 aromatic carbocycles. The summed E-state index contributed by atoms with van der Waals surface area (Å²) in [5.41, 5.74) is 6.13. The van der Waals surface area contributed by atoms with E-state index in [-0.39, 0.29) is 5.91 Å². The van der Waals surface area contributed by atoms with Crippen LogP contribution < -0.4 is 14.9 Å². The smallest absolute Gasteiger partial charge is 0.272 e. The number of carbonyl (C=O) groups excluding carboxylic acids is 1. The Balaban J connectivity index is 1.76. The topological polar surface area (TPSA) is 72.8 Å². The molecule has 0 fully saturated rings. The Morgan fingerprint density at radius 3 is 2.61 bits per heavy atom. The molecule has 0 radical (unpaired) electrons. The number of hydrazone groups is 1. The minimum atomic E-state index is -0.302. The largest absolute Gasteiger partial charge is 0.497 e. The Morgan fingerprint density at radius 2 is 1.91 bits per heavy atom. The zero-order valence-electron chi connectivity index (χ0n) is 18.4. The molecule has 168 valence electrons. The number of amides is 1. The van der Waals surface area contributed by atoms with E-state index in [1.54, 1.807) is 37.7 Å². The number of nitrogens with one attached hydrogen (secondary N) is 1. The van der Waals surface area contributed by atoms with Gasteiger partial charge in [0.05, 0.1) is 45.4 Å². The molecule has 2 aromatic heterocycles. The lowest BCUT2D eigenvalue weighted by atomic mass is 10.0. The van der Waals surface area contributed by atoms with Gasteiger partial charge >= 0.3 is 0 Å². The van der Waals surface area contributed by atoms with Gasteiger partial charge in [-0.3, -0.25) is 4.79 Å². The fraction of sp³-hybridized carbons (Fsp3) is 0.160. The first-order chi connectivity index (χ1) is 16.0. The van der Waals surface area contributed by atoms with E-state index in [4.69, 9.17) is 14.5 Å². The summed E-state index contributed by atoms with van der Waals surface area (Å²) < 4.78 is 11.9. The second kappa shape index (κ2) is 10.1. The lowest BCUT2D eigenvalue weighted by Crippen LogP contribution is -2.20. The van der Waals surface area contributed by atoms with Crippen molar-refractivity contribution in [3.63, 3.8) is 0 Å². The molecular formula is C25H22BrN3O3S. The molecule has 0 spiro atoms. The van der Waals surface area contributed by atoms with Gasteiger partial charge in [0.1, 0.15) is 11.5 Å². The molecule has 4 rings (SSSR count). The van der Waals surface area contributed by atoms with Gasteiger partial charge in [-0.05, 0) is 58.7 Å². The van der Waals surface area contributed by atoms with Gasteiger partial charge in [-0.2, -0.15) is 5.10 Å². The van der Waals surface area contributed by atoms with Crippen LogP contribution in [0.4, 0.5) is 0 Å². The highest BCUT2D eigenvalue weighted by atomic mass is 79.9. The summed E-state index contributed by atoms with van der Waals surface area (Å²) in [5, 5.41) is 5.16. The highest BCUT2D eigenvalue weighted by Crippen LogP contribution is 2.34. The van der Waals surface area contributed by atoms with Gasteiger partial charge in [0.15, 0.2) is 0 Å². The Labute approximate surface area is 204 Å². The maximum Gasteiger partial charge on any atom is 0.272 e. The summed E-state index contributed by atoms with van der Waals surface area (Å²) in [6, 6.07) is 18.8. The number of hydrogen-bond acceptors (Lipinski definition) is 6. The SMILES string of the molecule is CC/C(=N\NC(=O)c1cc(-c2ccc(OC)cc2OC)nc2ccccc12)c1ccc(Br)s1. The summed E-state index contributed by atoms with van der Waals surface area (Å²) in [4.78, 5) is 19.0. The summed E-state index contributed by atoms with van der Waals surface area (Å²) in [7, 11) is 3.20. The summed E-state index contributed by atoms with van der Waals surface area (Å²) in [6.45, 7) is 2.01. The highest BCUT2D eigenvalue weighted by Gasteiger charge is 2.17. The number of carbonyl (C=O) groups is 1. The van der Waals surface area contributed by atoms with Gasteiger partial charge in [0.25, 0.3) is 5.91 Å². The van der Waals surface area contributed by atoms with E-state index in [0.29, 0.717) is 34.7 Å². The average molecular weight is 524 g/mol. The van der Waals surface area contributed by atoms with Gasteiger partial charge in [-0.15, -0.1) is 11.3 Å². The number of methoxy groups -OCH3 is 2. The predicted octanol–water partition coefficient (Wildman–Crippen LogP) is 6.29. The summed E-state index contributed by atoms with van der Waals surface area (Å²) >= 11 is 5.05. The number of benzene rings is 2. The van der Waals surface area contributed by atoms with Gasteiger partial charge < -0.3 is 9.47 Å². The van der Waals surface area contributed by atoms with Gasteiger partial charge in [0.2, 0.25) is 0 Å². The van der Waals surface area contributed by atoms with E-state index < -0.39 is 0 Å². The van der Waals surface area contributed by atoms with Crippen LogP contribution in [0.1, 0.15) is 28.6 Å². The molecule has 0 aliphatic carbocycles. The van der Waals surface area contributed by atoms with E-state index in [0.717, 1.165) is 25.3 Å². The standard InChI is InChI=1S/C25H22BrN3O3S/c1-4-19(23-11-12-24(26)33-23)28-29-25(30)18-14-21(27-20-8-6-5-7-16(18)20)17-10-9-15(31-2)13-22(17)32-3/h5-14H,4H2,1-3H3,(H,29,30)/b28-19+. The quantitative estimate of drug-likeness (QED) is 0.228. The third-order valence-corrected chi connectivity index (χ3v) is 6.80. The molecule has 0 saturated carbocycles. The molecule has 6 nitrogen and oxygen atoms in total. The summed E-state index contributed by atoms with van der Waals surface area (Å²) in [5.74, 6) is 0.984. The Bertz CT molecular complexity index is 1350. The van der Waals surface area contributed by atoms with Gasteiger partial charge in [-0.1, -0.05) is 25.1 Å². The maximum absolute atomic E-state index is 13.3. The molecule has 33 heavy (non-hydrogen) atoms. The zero-order valence-corrected chi connectivity index (χ0v) is 20.8. The van der Waals surface area contributed by atoms with E-state index in [1.807, 2.05) is 55.5 Å². The van der Waals surface area contributed by atoms with Crippen molar-refractivity contribution in [1.29, 1.82) is 0 Å². The first-order valence-electron chi connectivity index (χ1n) is 10.3. The number of hydrogen-bond donors (Lipinski definition) is 1. The molecule has 0 bridgehead atoms. The van der Waals surface area contributed by atoms with Crippen molar-refractivity contribution in [2.45, 2.75) is 13.3 Å². The highest BCUT2D eigenvalue weighted by molar-refractivity contribution is 9.11.